The molecule has 3 nitrogen and oxygen atoms in total. The van der Waals surface area contributed by atoms with Crippen LogP contribution in [0.4, 0.5) is 0 Å². The zero-order chi connectivity index (χ0) is 14.8. The summed E-state index contributed by atoms with van der Waals surface area (Å²) in [6.07, 6.45) is 9.70. The van der Waals surface area contributed by atoms with E-state index in [-0.39, 0.29) is 0 Å². The van der Waals surface area contributed by atoms with Gasteiger partial charge in [0.15, 0.2) is 0 Å². The maximum Gasteiger partial charge on any atom is 0.0949 e. The molecule has 1 N–H and O–H groups in total. The van der Waals surface area contributed by atoms with Crippen molar-refractivity contribution in [1.29, 1.82) is 0 Å². The van der Waals surface area contributed by atoms with Crippen LogP contribution >= 0.6 is 0 Å². The molecular formula is C18H25N3. The van der Waals surface area contributed by atoms with Crippen molar-refractivity contribution in [3.8, 4) is 0 Å². The minimum atomic E-state index is 0.387. The van der Waals surface area contributed by atoms with Crippen LogP contribution in [0.15, 0.2) is 36.9 Å². The molecule has 1 aromatic carbocycles. The Bertz CT molecular complexity index is 589. The lowest BCUT2D eigenvalue weighted by Gasteiger charge is -2.26. The predicted molar refractivity (Wildman–Crippen MR) is 86.4 cm³/mol. The largest absolute Gasteiger partial charge is 0.333 e. The van der Waals surface area contributed by atoms with Crippen molar-refractivity contribution >= 4 is 0 Å². The van der Waals surface area contributed by atoms with Crippen LogP contribution in [0.3, 0.4) is 0 Å². The van der Waals surface area contributed by atoms with Gasteiger partial charge in [0.2, 0.25) is 0 Å². The van der Waals surface area contributed by atoms with Gasteiger partial charge in [-0.05, 0) is 56.7 Å². The first kappa shape index (κ1) is 14.3. The van der Waals surface area contributed by atoms with Gasteiger partial charge in [0.05, 0.1) is 6.33 Å². The standard InChI is InChI=1S/C18H25N3/c1-13-7-8-16(11-14(13)2)15(3)20-17-5-4-6-18(17)21-10-9-19-12-21/h7-12,15,17-18,20H,4-6H2,1-3H3. The van der Waals surface area contributed by atoms with Crippen LogP contribution in [0.25, 0.3) is 0 Å². The van der Waals surface area contributed by atoms with E-state index in [2.05, 4.69) is 60.0 Å². The summed E-state index contributed by atoms with van der Waals surface area (Å²) in [4.78, 5) is 4.20. The highest BCUT2D eigenvalue weighted by atomic mass is 15.1. The molecule has 1 saturated carbocycles. The maximum atomic E-state index is 4.20. The van der Waals surface area contributed by atoms with Gasteiger partial charge in [-0.25, -0.2) is 4.98 Å². The number of rotatable bonds is 4. The van der Waals surface area contributed by atoms with Crippen LogP contribution in [0.1, 0.15) is 55.0 Å². The second-order valence-corrected chi connectivity index (χ2v) is 6.35. The van der Waals surface area contributed by atoms with Gasteiger partial charge in [0.1, 0.15) is 0 Å². The van der Waals surface area contributed by atoms with Crippen molar-refractivity contribution in [3.63, 3.8) is 0 Å². The third kappa shape index (κ3) is 3.03. The Kier molecular flexibility index (Phi) is 4.11. The highest BCUT2D eigenvalue weighted by molar-refractivity contribution is 5.31. The zero-order valence-corrected chi connectivity index (χ0v) is 13.2. The van der Waals surface area contributed by atoms with E-state index in [4.69, 9.17) is 0 Å². The van der Waals surface area contributed by atoms with Crippen molar-refractivity contribution in [2.75, 3.05) is 0 Å². The molecule has 112 valence electrons. The van der Waals surface area contributed by atoms with Crippen LogP contribution in [-0.4, -0.2) is 15.6 Å². The van der Waals surface area contributed by atoms with E-state index in [1.807, 2.05) is 12.5 Å². The van der Waals surface area contributed by atoms with E-state index < -0.39 is 0 Å². The molecule has 0 spiro atoms. The normalized spacial score (nSPS) is 23.4. The molecule has 0 aliphatic heterocycles. The number of hydrogen-bond donors (Lipinski definition) is 1. The first-order valence-electron chi connectivity index (χ1n) is 7.96. The second-order valence-electron chi connectivity index (χ2n) is 6.35. The lowest BCUT2D eigenvalue weighted by atomic mass is 10.0. The topological polar surface area (TPSA) is 29.9 Å². The number of benzene rings is 1. The summed E-state index contributed by atoms with van der Waals surface area (Å²) in [6, 6.07) is 8.26. The maximum absolute atomic E-state index is 4.20. The molecular weight excluding hydrogens is 258 g/mol. The molecule has 1 heterocycles. The van der Waals surface area contributed by atoms with Crippen LogP contribution in [0, 0.1) is 13.8 Å². The summed E-state index contributed by atoms with van der Waals surface area (Å²) in [5.74, 6) is 0. The van der Waals surface area contributed by atoms with Crippen molar-refractivity contribution in [2.45, 2.75) is 58.2 Å². The highest BCUT2D eigenvalue weighted by Gasteiger charge is 2.29. The Morgan fingerprint density at radius 3 is 2.81 bits per heavy atom. The SMILES string of the molecule is Cc1ccc(C(C)NC2CCCC2n2ccnc2)cc1C. The molecule has 0 bridgehead atoms. The third-order valence-corrected chi connectivity index (χ3v) is 4.88. The Hall–Kier alpha value is -1.61. The lowest BCUT2D eigenvalue weighted by Crippen LogP contribution is -2.35. The highest BCUT2D eigenvalue weighted by Crippen LogP contribution is 2.31. The minimum Gasteiger partial charge on any atom is -0.333 e. The van der Waals surface area contributed by atoms with Crippen molar-refractivity contribution in [2.24, 2.45) is 0 Å². The van der Waals surface area contributed by atoms with Crippen molar-refractivity contribution in [1.82, 2.24) is 14.9 Å². The molecule has 3 heteroatoms. The van der Waals surface area contributed by atoms with Gasteiger partial charge in [-0.3, -0.25) is 0 Å². The van der Waals surface area contributed by atoms with Gasteiger partial charge in [0.25, 0.3) is 0 Å². The molecule has 21 heavy (non-hydrogen) atoms. The Morgan fingerprint density at radius 2 is 2.10 bits per heavy atom. The first-order valence-corrected chi connectivity index (χ1v) is 7.96. The average Bonchev–Trinajstić information content (AvgIpc) is 3.12. The molecule has 1 aromatic heterocycles. The molecule has 3 unspecified atom stereocenters. The molecule has 0 amide bonds. The number of aromatic nitrogens is 2. The fraction of sp³-hybridized carbons (Fsp3) is 0.500. The van der Waals surface area contributed by atoms with Crippen LogP contribution < -0.4 is 5.32 Å². The van der Waals surface area contributed by atoms with Gasteiger partial charge in [-0.1, -0.05) is 18.2 Å². The first-order chi connectivity index (χ1) is 10.1. The number of hydrogen-bond acceptors (Lipinski definition) is 2. The third-order valence-electron chi connectivity index (χ3n) is 4.88. The fourth-order valence-electron chi connectivity index (χ4n) is 3.41. The molecule has 1 aliphatic carbocycles. The number of nitrogens with zero attached hydrogens (tertiary/aromatic N) is 2. The summed E-state index contributed by atoms with van der Waals surface area (Å²) >= 11 is 0. The van der Waals surface area contributed by atoms with Gasteiger partial charge in [-0.2, -0.15) is 0 Å². The van der Waals surface area contributed by atoms with E-state index in [0.717, 1.165) is 0 Å². The van der Waals surface area contributed by atoms with Crippen LogP contribution in [0.2, 0.25) is 0 Å². The molecule has 1 aliphatic rings. The van der Waals surface area contributed by atoms with E-state index in [0.29, 0.717) is 18.1 Å². The summed E-state index contributed by atoms with van der Waals surface area (Å²) in [6.45, 7) is 6.63. The summed E-state index contributed by atoms with van der Waals surface area (Å²) in [5, 5.41) is 3.83. The van der Waals surface area contributed by atoms with E-state index in [1.165, 1.54) is 36.0 Å². The number of imidazole rings is 1. The average molecular weight is 283 g/mol. The van der Waals surface area contributed by atoms with Crippen LogP contribution in [-0.2, 0) is 0 Å². The molecule has 3 atom stereocenters. The predicted octanol–water partition coefficient (Wildman–Crippen LogP) is 3.94. The molecule has 0 saturated heterocycles. The second kappa shape index (κ2) is 6.02. The molecule has 2 aromatic rings. The summed E-state index contributed by atoms with van der Waals surface area (Å²) in [7, 11) is 0. The van der Waals surface area contributed by atoms with Crippen molar-refractivity contribution < 1.29 is 0 Å². The van der Waals surface area contributed by atoms with Crippen molar-refractivity contribution in [3.05, 3.63) is 53.6 Å². The van der Waals surface area contributed by atoms with Crippen LogP contribution in [0.5, 0.6) is 0 Å². The smallest absolute Gasteiger partial charge is 0.0949 e. The van der Waals surface area contributed by atoms with E-state index in [9.17, 15) is 0 Å². The zero-order valence-electron chi connectivity index (χ0n) is 13.2. The Balaban J connectivity index is 1.71. The fourth-order valence-corrected chi connectivity index (χ4v) is 3.41. The molecule has 3 rings (SSSR count). The lowest BCUT2D eigenvalue weighted by molar-refractivity contribution is 0.362. The van der Waals surface area contributed by atoms with E-state index >= 15 is 0 Å². The minimum absolute atomic E-state index is 0.387. The van der Waals surface area contributed by atoms with Gasteiger partial charge < -0.3 is 9.88 Å². The summed E-state index contributed by atoms with van der Waals surface area (Å²) in [5.41, 5.74) is 4.12. The van der Waals surface area contributed by atoms with E-state index in [1.54, 1.807) is 0 Å². The van der Waals surface area contributed by atoms with Gasteiger partial charge in [0, 0.05) is 30.5 Å². The summed E-state index contributed by atoms with van der Waals surface area (Å²) < 4.78 is 2.26. The van der Waals surface area contributed by atoms with Gasteiger partial charge >= 0.3 is 0 Å². The number of nitrogens with one attached hydrogen (secondary N) is 1. The molecule has 0 radical (unpaired) electrons. The monoisotopic (exact) mass is 283 g/mol. The molecule has 1 fully saturated rings. The van der Waals surface area contributed by atoms with Gasteiger partial charge in [-0.15, -0.1) is 0 Å². The Labute approximate surface area is 127 Å². The number of aryl methyl sites for hydroxylation is 2. The quantitative estimate of drug-likeness (QED) is 0.921. The Morgan fingerprint density at radius 1 is 1.24 bits per heavy atom.